The van der Waals surface area contributed by atoms with Gasteiger partial charge in [-0.25, -0.2) is 0 Å². The molecular weight excluding hydrogens is 232 g/mol. The standard InChI is InChI=1S/C13H22N2O3/c1-4-5-10-8-13(16,6-7-18-10)12-11(17-3)9-14-15(12)2/h9-10,16H,4-8H2,1-3H3. The molecule has 1 aliphatic rings. The van der Waals surface area contributed by atoms with E-state index < -0.39 is 5.60 Å². The Balaban J connectivity index is 2.26. The Morgan fingerprint density at radius 3 is 3.11 bits per heavy atom. The molecule has 1 aliphatic heterocycles. The number of nitrogens with zero attached hydrogens (tertiary/aromatic N) is 2. The minimum absolute atomic E-state index is 0.119. The van der Waals surface area contributed by atoms with Crippen molar-refractivity contribution in [3.63, 3.8) is 0 Å². The van der Waals surface area contributed by atoms with Crippen molar-refractivity contribution in [2.24, 2.45) is 7.05 Å². The monoisotopic (exact) mass is 254 g/mol. The molecule has 102 valence electrons. The van der Waals surface area contributed by atoms with Gasteiger partial charge in [-0.3, -0.25) is 4.68 Å². The molecule has 2 atom stereocenters. The fourth-order valence-electron chi connectivity index (χ4n) is 2.75. The molecule has 1 N–H and O–H groups in total. The largest absolute Gasteiger partial charge is 0.493 e. The average molecular weight is 254 g/mol. The second kappa shape index (κ2) is 5.28. The fourth-order valence-corrected chi connectivity index (χ4v) is 2.75. The summed E-state index contributed by atoms with van der Waals surface area (Å²) < 4.78 is 12.7. The molecule has 0 aromatic carbocycles. The second-order valence-electron chi connectivity index (χ2n) is 4.95. The van der Waals surface area contributed by atoms with Crippen molar-refractivity contribution >= 4 is 0 Å². The van der Waals surface area contributed by atoms with E-state index in [1.54, 1.807) is 18.0 Å². The van der Waals surface area contributed by atoms with Crippen LogP contribution in [0.5, 0.6) is 5.75 Å². The van der Waals surface area contributed by atoms with Crippen LogP contribution in [0.3, 0.4) is 0 Å². The van der Waals surface area contributed by atoms with Gasteiger partial charge >= 0.3 is 0 Å². The van der Waals surface area contributed by atoms with Crippen molar-refractivity contribution in [1.82, 2.24) is 9.78 Å². The molecule has 18 heavy (non-hydrogen) atoms. The van der Waals surface area contributed by atoms with Crippen LogP contribution in [0.15, 0.2) is 6.20 Å². The number of ether oxygens (including phenoxy) is 2. The second-order valence-corrected chi connectivity index (χ2v) is 4.95. The zero-order valence-electron chi connectivity index (χ0n) is 11.3. The quantitative estimate of drug-likeness (QED) is 0.886. The first kappa shape index (κ1) is 13.4. The Morgan fingerprint density at radius 2 is 2.44 bits per heavy atom. The number of hydrogen-bond donors (Lipinski definition) is 1. The van der Waals surface area contributed by atoms with Gasteiger partial charge in [0.25, 0.3) is 0 Å². The van der Waals surface area contributed by atoms with Crippen LogP contribution in [-0.4, -0.2) is 34.7 Å². The summed E-state index contributed by atoms with van der Waals surface area (Å²) in [6, 6.07) is 0. The third-order valence-corrected chi connectivity index (χ3v) is 3.61. The van der Waals surface area contributed by atoms with Crippen LogP contribution in [0.25, 0.3) is 0 Å². The summed E-state index contributed by atoms with van der Waals surface area (Å²) in [5, 5.41) is 15.1. The van der Waals surface area contributed by atoms with Gasteiger partial charge in [-0.1, -0.05) is 13.3 Å². The van der Waals surface area contributed by atoms with Gasteiger partial charge in [0.05, 0.1) is 26.0 Å². The molecule has 2 heterocycles. The van der Waals surface area contributed by atoms with Gasteiger partial charge in [0, 0.05) is 19.9 Å². The van der Waals surface area contributed by atoms with Crippen molar-refractivity contribution in [1.29, 1.82) is 0 Å². The molecule has 1 saturated heterocycles. The summed E-state index contributed by atoms with van der Waals surface area (Å²) in [5.41, 5.74) is -0.135. The molecule has 1 aromatic rings. The molecule has 1 fully saturated rings. The summed E-state index contributed by atoms with van der Waals surface area (Å²) in [6.07, 6.45) is 5.00. The molecule has 2 unspecified atom stereocenters. The van der Waals surface area contributed by atoms with E-state index in [1.807, 2.05) is 7.05 Å². The van der Waals surface area contributed by atoms with Gasteiger partial charge in [-0.05, 0) is 6.42 Å². The van der Waals surface area contributed by atoms with E-state index in [9.17, 15) is 5.11 Å². The molecule has 5 nitrogen and oxygen atoms in total. The van der Waals surface area contributed by atoms with Crippen LogP contribution >= 0.6 is 0 Å². The van der Waals surface area contributed by atoms with Gasteiger partial charge in [-0.15, -0.1) is 0 Å². The van der Waals surface area contributed by atoms with E-state index in [2.05, 4.69) is 12.0 Å². The van der Waals surface area contributed by atoms with Gasteiger partial charge < -0.3 is 14.6 Å². The van der Waals surface area contributed by atoms with E-state index in [0.29, 0.717) is 25.2 Å². The lowest BCUT2D eigenvalue weighted by atomic mass is 9.85. The lowest BCUT2D eigenvalue weighted by Crippen LogP contribution is -2.40. The number of aryl methyl sites for hydroxylation is 1. The predicted octanol–water partition coefficient (Wildman–Crippen LogP) is 1.60. The summed E-state index contributed by atoms with van der Waals surface area (Å²) in [4.78, 5) is 0. The van der Waals surface area contributed by atoms with Gasteiger partial charge in [0.15, 0.2) is 5.75 Å². The van der Waals surface area contributed by atoms with E-state index >= 15 is 0 Å². The van der Waals surface area contributed by atoms with Crippen molar-refractivity contribution < 1.29 is 14.6 Å². The Kier molecular flexibility index (Phi) is 3.92. The van der Waals surface area contributed by atoms with Crippen LogP contribution in [-0.2, 0) is 17.4 Å². The SMILES string of the molecule is CCCC1CC(O)(c2c(OC)cnn2C)CCO1. The van der Waals surface area contributed by atoms with Crippen LogP contribution in [0.4, 0.5) is 0 Å². The van der Waals surface area contributed by atoms with Crippen LogP contribution < -0.4 is 4.74 Å². The minimum Gasteiger partial charge on any atom is -0.493 e. The third-order valence-electron chi connectivity index (χ3n) is 3.61. The van der Waals surface area contributed by atoms with Gasteiger partial charge in [0.1, 0.15) is 11.3 Å². The zero-order valence-corrected chi connectivity index (χ0v) is 11.3. The van der Waals surface area contributed by atoms with E-state index in [0.717, 1.165) is 18.5 Å². The maximum atomic E-state index is 10.9. The molecular formula is C13H22N2O3. The molecule has 1 aromatic heterocycles. The summed E-state index contributed by atoms with van der Waals surface area (Å²) in [6.45, 7) is 2.71. The number of methoxy groups -OCH3 is 1. The molecule has 0 radical (unpaired) electrons. The molecule has 0 amide bonds. The molecule has 0 aliphatic carbocycles. The number of aliphatic hydroxyl groups is 1. The van der Waals surface area contributed by atoms with Crippen molar-refractivity contribution in [3.05, 3.63) is 11.9 Å². The van der Waals surface area contributed by atoms with Crippen LogP contribution in [0, 0.1) is 0 Å². The highest BCUT2D eigenvalue weighted by molar-refractivity contribution is 5.31. The number of hydrogen-bond acceptors (Lipinski definition) is 4. The van der Waals surface area contributed by atoms with E-state index in [4.69, 9.17) is 9.47 Å². The first-order chi connectivity index (χ1) is 8.60. The highest BCUT2D eigenvalue weighted by Gasteiger charge is 2.40. The van der Waals surface area contributed by atoms with Gasteiger partial charge in [-0.2, -0.15) is 5.10 Å². The Morgan fingerprint density at radius 1 is 1.67 bits per heavy atom. The average Bonchev–Trinajstić information content (AvgIpc) is 2.71. The Hall–Kier alpha value is -1.07. The highest BCUT2D eigenvalue weighted by Crippen LogP contribution is 2.39. The van der Waals surface area contributed by atoms with Crippen LogP contribution in [0.2, 0.25) is 0 Å². The molecule has 0 spiro atoms. The molecule has 0 saturated carbocycles. The van der Waals surface area contributed by atoms with Gasteiger partial charge in [0.2, 0.25) is 0 Å². The Bertz CT molecular complexity index is 403. The normalized spacial score (nSPS) is 28.3. The number of rotatable bonds is 4. The summed E-state index contributed by atoms with van der Waals surface area (Å²) >= 11 is 0. The first-order valence-electron chi connectivity index (χ1n) is 6.51. The van der Waals surface area contributed by atoms with E-state index in [-0.39, 0.29) is 6.10 Å². The lowest BCUT2D eigenvalue weighted by Gasteiger charge is -2.37. The zero-order chi connectivity index (χ0) is 13.2. The predicted molar refractivity (Wildman–Crippen MR) is 67.5 cm³/mol. The van der Waals surface area contributed by atoms with Crippen molar-refractivity contribution in [3.8, 4) is 5.75 Å². The fraction of sp³-hybridized carbons (Fsp3) is 0.769. The summed E-state index contributed by atoms with van der Waals surface area (Å²) in [7, 11) is 3.44. The minimum atomic E-state index is -0.894. The first-order valence-corrected chi connectivity index (χ1v) is 6.51. The highest BCUT2D eigenvalue weighted by atomic mass is 16.5. The lowest BCUT2D eigenvalue weighted by molar-refractivity contribution is -0.114. The third kappa shape index (κ3) is 2.37. The van der Waals surface area contributed by atoms with Crippen molar-refractivity contribution in [2.75, 3.05) is 13.7 Å². The maximum Gasteiger partial charge on any atom is 0.162 e. The Labute approximate surface area is 108 Å². The van der Waals surface area contributed by atoms with Crippen LogP contribution in [0.1, 0.15) is 38.3 Å². The smallest absolute Gasteiger partial charge is 0.162 e. The molecule has 5 heteroatoms. The molecule has 2 rings (SSSR count). The van der Waals surface area contributed by atoms with E-state index in [1.165, 1.54) is 0 Å². The maximum absolute atomic E-state index is 10.9. The topological polar surface area (TPSA) is 56.5 Å². The van der Waals surface area contributed by atoms with Crippen molar-refractivity contribution in [2.45, 2.75) is 44.3 Å². The molecule has 0 bridgehead atoms. The summed E-state index contributed by atoms with van der Waals surface area (Å²) in [5.74, 6) is 0.650. The number of aromatic nitrogens is 2.